The van der Waals surface area contributed by atoms with Gasteiger partial charge in [0.05, 0.1) is 24.9 Å². The molecule has 1 unspecified atom stereocenters. The normalized spacial score (nSPS) is 20.4. The molecule has 1 aromatic heterocycles. The van der Waals surface area contributed by atoms with E-state index in [1.54, 1.807) is 0 Å². The van der Waals surface area contributed by atoms with Crippen LogP contribution >= 0.6 is 0 Å². The van der Waals surface area contributed by atoms with Gasteiger partial charge in [0, 0.05) is 32.2 Å². The molecule has 0 radical (unpaired) electrons. The number of carbonyl (C=O) groups is 1. The Morgan fingerprint density at radius 3 is 3.10 bits per heavy atom. The first-order valence-corrected chi connectivity index (χ1v) is 6.76. The maximum atomic E-state index is 10.9. The summed E-state index contributed by atoms with van der Waals surface area (Å²) in [4.78, 5) is 15.0. The van der Waals surface area contributed by atoms with Crippen LogP contribution in [0.1, 0.15) is 11.5 Å². The Morgan fingerprint density at radius 2 is 2.45 bits per heavy atom. The largest absolute Gasteiger partial charge is 0.374 e. The number of aryl methyl sites for hydroxylation is 1. The van der Waals surface area contributed by atoms with Crippen molar-refractivity contribution in [2.24, 2.45) is 5.73 Å². The molecule has 7 heteroatoms. The number of amides is 1. The predicted octanol–water partition coefficient (Wildman–Crippen LogP) is -0.399. The van der Waals surface area contributed by atoms with Crippen molar-refractivity contribution in [3.63, 3.8) is 0 Å². The molecule has 0 saturated carbocycles. The molecule has 1 amide bonds. The van der Waals surface area contributed by atoms with Gasteiger partial charge in [0.2, 0.25) is 5.91 Å². The van der Waals surface area contributed by atoms with Crippen LogP contribution in [-0.2, 0) is 16.1 Å². The Morgan fingerprint density at radius 1 is 1.65 bits per heavy atom. The van der Waals surface area contributed by atoms with E-state index in [9.17, 15) is 4.79 Å². The number of ether oxygens (including phenoxy) is 1. The lowest BCUT2D eigenvalue weighted by molar-refractivity contribution is -0.119. The highest BCUT2D eigenvalue weighted by Gasteiger charge is 2.22. The van der Waals surface area contributed by atoms with E-state index in [2.05, 4.69) is 10.1 Å². The summed E-state index contributed by atoms with van der Waals surface area (Å²) in [5.74, 6) is 0.504. The minimum Gasteiger partial charge on any atom is -0.374 e. The number of primary amides is 1. The number of nitrogens with zero attached hydrogens (tertiary/aromatic N) is 3. The lowest BCUT2D eigenvalue weighted by Crippen LogP contribution is -2.47. The van der Waals surface area contributed by atoms with Crippen LogP contribution in [-0.4, -0.2) is 66.8 Å². The van der Waals surface area contributed by atoms with Crippen molar-refractivity contribution in [2.45, 2.75) is 19.6 Å². The number of hydrogen-bond donors (Lipinski definition) is 1. The van der Waals surface area contributed by atoms with E-state index in [0.717, 1.165) is 31.1 Å². The van der Waals surface area contributed by atoms with Crippen LogP contribution in [0, 0.1) is 6.92 Å². The van der Waals surface area contributed by atoms with Crippen molar-refractivity contribution >= 4 is 5.91 Å². The van der Waals surface area contributed by atoms with Gasteiger partial charge in [-0.15, -0.1) is 0 Å². The van der Waals surface area contributed by atoms with Crippen LogP contribution in [0.2, 0.25) is 0 Å². The van der Waals surface area contributed by atoms with E-state index in [0.29, 0.717) is 13.2 Å². The van der Waals surface area contributed by atoms with Crippen LogP contribution in [0.25, 0.3) is 0 Å². The van der Waals surface area contributed by atoms with Gasteiger partial charge in [0.15, 0.2) is 0 Å². The molecule has 20 heavy (non-hydrogen) atoms. The van der Waals surface area contributed by atoms with Crippen LogP contribution in [0.5, 0.6) is 0 Å². The molecule has 0 spiro atoms. The summed E-state index contributed by atoms with van der Waals surface area (Å²) in [7, 11) is 1.87. The summed E-state index contributed by atoms with van der Waals surface area (Å²) in [6.07, 6.45) is 0.0843. The van der Waals surface area contributed by atoms with E-state index in [1.807, 2.05) is 24.9 Å². The van der Waals surface area contributed by atoms with Crippen molar-refractivity contribution in [1.29, 1.82) is 0 Å². The number of carbonyl (C=O) groups excluding carboxylic acids is 1. The molecule has 0 aromatic carbocycles. The van der Waals surface area contributed by atoms with Crippen LogP contribution in [0.15, 0.2) is 10.6 Å². The van der Waals surface area contributed by atoms with Gasteiger partial charge in [-0.2, -0.15) is 0 Å². The van der Waals surface area contributed by atoms with Crippen molar-refractivity contribution in [1.82, 2.24) is 15.0 Å². The van der Waals surface area contributed by atoms with E-state index in [-0.39, 0.29) is 18.6 Å². The average Bonchev–Trinajstić information content (AvgIpc) is 2.74. The minimum absolute atomic E-state index is 0.0843. The maximum absolute atomic E-state index is 10.9. The van der Waals surface area contributed by atoms with Crippen molar-refractivity contribution in [2.75, 3.05) is 39.8 Å². The van der Waals surface area contributed by atoms with Crippen molar-refractivity contribution < 1.29 is 14.1 Å². The zero-order valence-corrected chi connectivity index (χ0v) is 12.0. The Labute approximate surface area is 118 Å². The first-order valence-electron chi connectivity index (χ1n) is 6.76. The fraction of sp³-hybridized carbons (Fsp3) is 0.692. The monoisotopic (exact) mass is 282 g/mol. The highest BCUT2D eigenvalue weighted by atomic mass is 16.5. The summed E-state index contributed by atoms with van der Waals surface area (Å²) in [6, 6.07) is 1.95. The molecular formula is C13H22N4O3. The predicted molar refractivity (Wildman–Crippen MR) is 72.9 cm³/mol. The van der Waals surface area contributed by atoms with Crippen LogP contribution in [0.4, 0.5) is 0 Å². The first-order chi connectivity index (χ1) is 9.52. The van der Waals surface area contributed by atoms with Crippen LogP contribution in [0.3, 0.4) is 0 Å². The Kier molecular flexibility index (Phi) is 5.11. The molecule has 0 bridgehead atoms. The minimum atomic E-state index is -0.321. The SMILES string of the molecule is Cc1cc(CN2CCOC(CN(C)CC(N)=O)C2)no1. The molecular weight excluding hydrogens is 260 g/mol. The highest BCUT2D eigenvalue weighted by molar-refractivity contribution is 5.75. The lowest BCUT2D eigenvalue weighted by Gasteiger charge is -2.34. The molecule has 1 fully saturated rings. The Bertz CT molecular complexity index is 449. The molecule has 1 aliphatic rings. The van der Waals surface area contributed by atoms with Crippen molar-refractivity contribution in [3.05, 3.63) is 17.5 Å². The number of nitrogens with two attached hydrogens (primary N) is 1. The molecule has 2 rings (SSSR count). The van der Waals surface area contributed by atoms with Gasteiger partial charge >= 0.3 is 0 Å². The molecule has 2 heterocycles. The molecule has 1 saturated heterocycles. The third kappa shape index (κ3) is 4.59. The Hall–Kier alpha value is -1.44. The summed E-state index contributed by atoms with van der Waals surface area (Å²) in [5.41, 5.74) is 6.12. The molecule has 1 aliphatic heterocycles. The van der Waals surface area contributed by atoms with Gasteiger partial charge in [0.25, 0.3) is 0 Å². The number of aromatic nitrogens is 1. The molecule has 2 N–H and O–H groups in total. The summed E-state index contributed by atoms with van der Waals surface area (Å²) < 4.78 is 10.8. The molecule has 112 valence electrons. The van der Waals surface area contributed by atoms with E-state index < -0.39 is 0 Å². The van der Waals surface area contributed by atoms with Gasteiger partial charge in [-0.1, -0.05) is 5.16 Å². The van der Waals surface area contributed by atoms with E-state index >= 15 is 0 Å². The molecule has 1 aromatic rings. The summed E-state index contributed by atoms with van der Waals surface area (Å²) in [5, 5.41) is 4.01. The van der Waals surface area contributed by atoms with Gasteiger partial charge < -0.3 is 15.0 Å². The van der Waals surface area contributed by atoms with Gasteiger partial charge in [-0.25, -0.2) is 0 Å². The van der Waals surface area contributed by atoms with Gasteiger partial charge in [-0.3, -0.25) is 14.6 Å². The smallest absolute Gasteiger partial charge is 0.231 e. The number of morpholine rings is 1. The molecule has 1 atom stereocenters. The van der Waals surface area contributed by atoms with Crippen molar-refractivity contribution in [3.8, 4) is 0 Å². The second kappa shape index (κ2) is 6.83. The summed E-state index contributed by atoms with van der Waals surface area (Å²) >= 11 is 0. The standard InChI is InChI=1S/C13H22N4O3/c1-10-5-11(15-20-10)6-17-3-4-19-12(8-17)7-16(2)9-13(14)18/h5,12H,3-4,6-9H2,1-2H3,(H2,14,18). The second-order valence-electron chi connectivity index (χ2n) is 5.32. The maximum Gasteiger partial charge on any atom is 0.231 e. The summed E-state index contributed by atoms with van der Waals surface area (Å²) in [6.45, 7) is 5.97. The van der Waals surface area contributed by atoms with E-state index in [1.165, 1.54) is 0 Å². The quantitative estimate of drug-likeness (QED) is 0.764. The third-order valence-electron chi connectivity index (χ3n) is 3.23. The zero-order valence-electron chi connectivity index (χ0n) is 12.0. The van der Waals surface area contributed by atoms with Gasteiger partial charge in [-0.05, 0) is 14.0 Å². The topological polar surface area (TPSA) is 84.8 Å². The van der Waals surface area contributed by atoms with Gasteiger partial charge in [0.1, 0.15) is 5.76 Å². The molecule has 7 nitrogen and oxygen atoms in total. The van der Waals surface area contributed by atoms with Crippen LogP contribution < -0.4 is 5.73 Å². The average molecular weight is 282 g/mol. The third-order valence-corrected chi connectivity index (χ3v) is 3.23. The molecule has 0 aliphatic carbocycles. The Balaban J connectivity index is 1.80. The second-order valence-corrected chi connectivity index (χ2v) is 5.32. The number of likely N-dealkylation sites (N-methyl/N-ethyl adjacent to an activating group) is 1. The fourth-order valence-corrected chi connectivity index (χ4v) is 2.43. The highest BCUT2D eigenvalue weighted by Crippen LogP contribution is 2.11. The fourth-order valence-electron chi connectivity index (χ4n) is 2.43. The zero-order chi connectivity index (χ0) is 14.5. The lowest BCUT2D eigenvalue weighted by atomic mass is 10.2. The first kappa shape index (κ1) is 15.0. The number of rotatable bonds is 6. The number of hydrogen-bond acceptors (Lipinski definition) is 6. The van der Waals surface area contributed by atoms with E-state index in [4.69, 9.17) is 15.0 Å².